The van der Waals surface area contributed by atoms with Crippen LogP contribution in [0.3, 0.4) is 0 Å². The summed E-state index contributed by atoms with van der Waals surface area (Å²) in [5, 5.41) is 0. The van der Waals surface area contributed by atoms with Gasteiger partial charge in [0, 0.05) is 39.9 Å². The fraction of sp³-hybridized carbons (Fsp3) is 0. The Balaban J connectivity index is 0. The summed E-state index contributed by atoms with van der Waals surface area (Å²) >= 11 is 0. The molecule has 60 valence electrons. The Morgan fingerprint density at radius 1 is 0.909 bits per heavy atom. The fourth-order valence-corrected chi connectivity index (χ4v) is 1.43. The maximum absolute atomic E-state index is 10.1. The van der Waals surface area contributed by atoms with Crippen molar-refractivity contribution >= 4 is 24.8 Å². The van der Waals surface area contributed by atoms with E-state index in [1.54, 1.807) is 0 Å². The molecule has 2 unspecified atom stereocenters. The molecule has 0 aromatic rings. The maximum Gasteiger partial charge on any atom is 0.798 e. The van der Waals surface area contributed by atoms with Crippen LogP contribution in [0.1, 0.15) is 0 Å². The van der Waals surface area contributed by atoms with Gasteiger partial charge in [0.15, 0.2) is 8.62 Å². The second-order valence-corrected chi connectivity index (χ2v) is 3.57. The Kier molecular flexibility index (Phi) is 10.1. The maximum atomic E-state index is 10.1. The molecule has 2 N–H and O–H groups in total. The van der Waals surface area contributed by atoms with Crippen molar-refractivity contribution in [3.63, 3.8) is 0 Å². The van der Waals surface area contributed by atoms with Crippen LogP contribution in [-0.2, 0) is 48.5 Å². The van der Waals surface area contributed by atoms with Crippen molar-refractivity contribution in [3.05, 3.63) is 0 Å². The second kappa shape index (κ2) is 7.66. The Hall–Kier alpha value is 1.02. The summed E-state index contributed by atoms with van der Waals surface area (Å²) in [6, 6.07) is 0. The average Bonchev–Trinajstić information content (AvgIpc) is 1.58. The zero-order valence-electron chi connectivity index (χ0n) is 4.78. The van der Waals surface area contributed by atoms with Gasteiger partial charge in [0.05, 0.1) is 0 Å². The van der Waals surface area contributed by atoms with Crippen LogP contribution in [0.25, 0.3) is 0 Å². The van der Waals surface area contributed by atoms with Gasteiger partial charge in [-0.25, -0.2) is 0 Å². The van der Waals surface area contributed by atoms with E-state index in [0.717, 1.165) is 0 Å². The van der Waals surface area contributed by atoms with E-state index >= 15 is 0 Å². The molecule has 2 atom stereocenters. The van der Waals surface area contributed by atoms with E-state index in [2.05, 4.69) is 8.62 Å². The van der Waals surface area contributed by atoms with Gasteiger partial charge in [0.2, 0.25) is 0 Å². The van der Waals surface area contributed by atoms with Gasteiger partial charge in [-0.15, -0.1) is 9.79 Å². The van der Waals surface area contributed by atoms with Crippen molar-refractivity contribution in [2.24, 2.45) is 0 Å². The zero-order valence-corrected chi connectivity index (χ0v) is 9.92. The number of hydrogen-bond donors (Lipinski definition) is 2. The molecule has 0 heterocycles. The fourth-order valence-electron chi connectivity index (χ4n) is 0.129. The Morgan fingerprint density at radius 2 is 1.18 bits per heavy atom. The molecule has 0 spiro atoms. The van der Waals surface area contributed by atoms with Gasteiger partial charge in [-0.2, -0.15) is 0 Å². The molecule has 0 amide bonds. The Labute approximate surface area is 83.1 Å². The monoisotopic (exact) mass is 297 g/mol. The van der Waals surface area contributed by atoms with E-state index in [0.29, 0.717) is 0 Å². The van der Waals surface area contributed by atoms with Crippen LogP contribution in [0, 0.1) is 0 Å². The second-order valence-electron chi connectivity index (χ2n) is 0.863. The van der Waals surface area contributed by atoms with Crippen LogP contribution in [0.2, 0.25) is 0 Å². The van der Waals surface area contributed by atoms with E-state index < -0.39 is 24.8 Å². The molecule has 0 radical (unpaired) electrons. The van der Waals surface area contributed by atoms with Gasteiger partial charge in [-0.3, -0.25) is 0 Å². The van der Waals surface area contributed by atoms with Gasteiger partial charge in [0.1, 0.15) is 0 Å². The number of rotatable bonds is 4. The van der Waals surface area contributed by atoms with E-state index in [-0.39, 0.29) is 26.2 Å². The van der Waals surface area contributed by atoms with Gasteiger partial charge in [0.25, 0.3) is 0 Å². The first-order valence-corrected chi connectivity index (χ1v) is 5.03. The van der Waals surface area contributed by atoms with Crippen LogP contribution in [0.4, 0.5) is 0 Å². The summed E-state index contributed by atoms with van der Waals surface area (Å²) in [5.41, 5.74) is 0. The minimum absolute atomic E-state index is 0. The first-order chi connectivity index (χ1) is 4.52. The van der Waals surface area contributed by atoms with E-state index in [1.807, 2.05) is 0 Å². The minimum Gasteiger partial charge on any atom is -0.131 e. The molecule has 0 aliphatic carbocycles. The predicted octanol–water partition coefficient (Wildman–Crippen LogP) is 0.974. The molecule has 0 aromatic carbocycles. The summed E-state index contributed by atoms with van der Waals surface area (Å²) in [6.07, 6.45) is 0. The van der Waals surface area contributed by atoms with Gasteiger partial charge in [-0.1, -0.05) is 0 Å². The van der Waals surface area contributed by atoms with Crippen LogP contribution in [0.15, 0.2) is 0 Å². The molecular formula is H2O7P3Zr+3. The zero-order chi connectivity index (χ0) is 8.15. The van der Waals surface area contributed by atoms with Crippen LogP contribution < -0.4 is 0 Å². The first kappa shape index (κ1) is 14.5. The van der Waals surface area contributed by atoms with Crippen molar-refractivity contribution in [1.82, 2.24) is 0 Å². The van der Waals surface area contributed by atoms with Crippen molar-refractivity contribution in [2.45, 2.75) is 0 Å². The van der Waals surface area contributed by atoms with Crippen molar-refractivity contribution in [2.75, 3.05) is 0 Å². The van der Waals surface area contributed by atoms with Crippen LogP contribution >= 0.6 is 24.8 Å². The van der Waals surface area contributed by atoms with Gasteiger partial charge in [-0.05, 0) is 0 Å². The molecule has 0 aliphatic heterocycles. The smallest absolute Gasteiger partial charge is 0.131 e. The molecule has 7 nitrogen and oxygen atoms in total. The minimum atomic E-state index is -3.07. The molecule has 0 bridgehead atoms. The Bertz CT molecular complexity index is 157. The third kappa shape index (κ3) is 11.0. The number of hydrogen-bond acceptors (Lipinski definition) is 5. The van der Waals surface area contributed by atoms with Crippen molar-refractivity contribution in [3.8, 4) is 0 Å². The molecule has 0 aromatic heterocycles. The van der Waals surface area contributed by atoms with Crippen LogP contribution in [-0.4, -0.2) is 9.79 Å². The molecule has 11 heteroatoms. The molecule has 0 rings (SSSR count). The van der Waals surface area contributed by atoms with E-state index in [9.17, 15) is 13.7 Å². The van der Waals surface area contributed by atoms with Gasteiger partial charge >= 0.3 is 24.8 Å². The quantitative estimate of drug-likeness (QED) is 0.744. The van der Waals surface area contributed by atoms with Gasteiger partial charge < -0.3 is 0 Å². The normalized spacial score (nSPS) is 13.1. The average molecular weight is 298 g/mol. The first-order valence-electron chi connectivity index (χ1n) is 1.68. The third-order valence-electron chi connectivity index (χ3n) is 0.273. The molecular weight excluding hydrogens is 296 g/mol. The molecule has 11 heavy (non-hydrogen) atoms. The molecule has 0 saturated carbocycles. The van der Waals surface area contributed by atoms with Crippen molar-refractivity contribution in [1.29, 1.82) is 0 Å². The Morgan fingerprint density at radius 3 is 1.36 bits per heavy atom. The third-order valence-corrected chi connectivity index (χ3v) is 2.46. The molecule has 0 aliphatic rings. The summed E-state index contributed by atoms with van der Waals surface area (Å²) in [6.45, 7) is 0. The molecule has 0 fully saturated rings. The van der Waals surface area contributed by atoms with Crippen molar-refractivity contribution < 1.29 is 58.3 Å². The molecule has 0 saturated heterocycles. The van der Waals surface area contributed by atoms with E-state index in [1.165, 1.54) is 0 Å². The summed E-state index contributed by atoms with van der Waals surface area (Å²) in [7, 11) is -9.11. The summed E-state index contributed by atoms with van der Waals surface area (Å²) in [5.74, 6) is 0. The summed E-state index contributed by atoms with van der Waals surface area (Å²) < 4.78 is 36.6. The topological polar surface area (TPSA) is 110 Å². The van der Waals surface area contributed by atoms with E-state index in [4.69, 9.17) is 9.79 Å². The summed E-state index contributed by atoms with van der Waals surface area (Å²) in [4.78, 5) is 15.8. The SMILES string of the molecule is O=[P+](O)O[P+](=O)O[P+](=O)O.[Zr]. The standard InChI is InChI=1S/O7P3.Zr/c1-8(2)6-10(5)7-9(3)4;/q+1;/p+2. The van der Waals surface area contributed by atoms with Crippen LogP contribution in [0.5, 0.6) is 0 Å². The largest absolute Gasteiger partial charge is 0.798 e. The predicted molar refractivity (Wildman–Crippen MR) is 29.4 cm³/mol.